The van der Waals surface area contributed by atoms with E-state index in [9.17, 15) is 87.8 Å². The first kappa shape index (κ1) is 26.6. The van der Waals surface area contributed by atoms with Crippen LogP contribution in [0.25, 0.3) is 0 Å². The van der Waals surface area contributed by atoms with Gasteiger partial charge in [0.25, 0.3) is 10.8 Å². The van der Waals surface area contributed by atoms with E-state index >= 15 is 0 Å². The Balaban J connectivity index is 4.82. The summed E-state index contributed by atoms with van der Waals surface area (Å²) >= 11 is 0. The summed E-state index contributed by atoms with van der Waals surface area (Å²) in [5.74, 6) is -35.7. The summed E-state index contributed by atoms with van der Waals surface area (Å²) < 4.78 is 263. The standard InChI is InChI=1S/C10F20/c11-3(12)1(7(19,20)21,8(22,23)24)2(9(25,26)27,10(28,29)30)4(13,14)6(17,18)5(3,15)16. The number of alkyl halides is 20. The number of halogens is 20. The molecule has 1 aliphatic rings. The Labute approximate surface area is 148 Å². The van der Waals surface area contributed by atoms with Gasteiger partial charge >= 0.3 is 48.4 Å². The van der Waals surface area contributed by atoms with Gasteiger partial charge in [-0.05, 0) is 0 Å². The Kier molecular flexibility index (Phi) is 5.05. The van der Waals surface area contributed by atoms with E-state index in [0.717, 1.165) is 0 Å². The monoisotopic (exact) mass is 500 g/mol. The van der Waals surface area contributed by atoms with Crippen LogP contribution in [0.1, 0.15) is 0 Å². The van der Waals surface area contributed by atoms with Crippen molar-refractivity contribution >= 4 is 0 Å². The van der Waals surface area contributed by atoms with Crippen LogP contribution in [0.4, 0.5) is 87.8 Å². The van der Waals surface area contributed by atoms with Crippen LogP contribution in [-0.2, 0) is 0 Å². The molecule has 20 heteroatoms. The van der Waals surface area contributed by atoms with E-state index < -0.39 is 59.2 Å². The molecule has 0 N–H and O–H groups in total. The molecule has 0 atom stereocenters. The zero-order valence-corrected chi connectivity index (χ0v) is 12.6. The zero-order valence-electron chi connectivity index (χ0n) is 12.6. The highest BCUT2D eigenvalue weighted by Gasteiger charge is 3.14. The maximum Gasteiger partial charge on any atom is 0.410 e. The van der Waals surface area contributed by atoms with E-state index in [1.165, 1.54) is 0 Å². The molecule has 0 aliphatic heterocycles. The molecule has 1 aliphatic carbocycles. The van der Waals surface area contributed by atoms with Gasteiger partial charge in [-0.15, -0.1) is 0 Å². The molecule has 0 aromatic heterocycles. The van der Waals surface area contributed by atoms with Crippen LogP contribution in [0.3, 0.4) is 0 Å². The minimum Gasteiger partial charge on any atom is -0.198 e. The average molecular weight is 500 g/mol. The van der Waals surface area contributed by atoms with Crippen molar-refractivity contribution in [2.24, 2.45) is 10.8 Å². The van der Waals surface area contributed by atoms with Gasteiger partial charge in [0.1, 0.15) is 0 Å². The fraction of sp³-hybridized carbons (Fsp3) is 1.00. The van der Waals surface area contributed by atoms with Crippen LogP contribution in [0, 0.1) is 10.8 Å². The van der Waals surface area contributed by atoms with Gasteiger partial charge < -0.3 is 0 Å². The van der Waals surface area contributed by atoms with E-state index in [2.05, 4.69) is 0 Å². The molecule has 1 saturated carbocycles. The quantitative estimate of drug-likeness (QED) is 0.323. The summed E-state index contributed by atoms with van der Waals surface area (Å²) in [6, 6.07) is 0. The maximum absolute atomic E-state index is 13.7. The molecule has 180 valence electrons. The Hall–Kier alpha value is -1.40. The number of hydrogen-bond acceptors (Lipinski definition) is 0. The molecule has 0 saturated heterocycles. The lowest BCUT2D eigenvalue weighted by atomic mass is 9.48. The highest BCUT2D eigenvalue weighted by Crippen LogP contribution is 2.85. The molecule has 1 fully saturated rings. The van der Waals surface area contributed by atoms with E-state index in [4.69, 9.17) is 0 Å². The maximum atomic E-state index is 13.7. The minimum absolute atomic E-state index is 8.71. The molecule has 0 radical (unpaired) electrons. The third kappa shape index (κ3) is 2.22. The Morgan fingerprint density at radius 2 is 0.400 bits per heavy atom. The molecular weight excluding hydrogens is 500 g/mol. The highest BCUT2D eigenvalue weighted by molar-refractivity contribution is 5.33. The smallest absolute Gasteiger partial charge is 0.198 e. The van der Waals surface area contributed by atoms with Crippen molar-refractivity contribution in [3.8, 4) is 0 Å². The first-order valence-corrected chi connectivity index (χ1v) is 6.28. The summed E-state index contributed by atoms with van der Waals surface area (Å²) in [5, 5.41) is 0. The lowest BCUT2D eigenvalue weighted by Gasteiger charge is -2.62. The second kappa shape index (κ2) is 5.69. The third-order valence-corrected chi connectivity index (χ3v) is 4.39. The second-order valence-corrected chi connectivity index (χ2v) is 5.79. The van der Waals surface area contributed by atoms with Gasteiger partial charge in [-0.3, -0.25) is 0 Å². The summed E-state index contributed by atoms with van der Waals surface area (Å²) in [6.45, 7) is 0. The van der Waals surface area contributed by atoms with Crippen LogP contribution in [0.2, 0.25) is 0 Å². The molecule has 0 spiro atoms. The van der Waals surface area contributed by atoms with Gasteiger partial charge in [0.05, 0.1) is 0 Å². The Bertz CT molecular complexity index is 590. The first-order valence-electron chi connectivity index (χ1n) is 6.28. The Morgan fingerprint density at radius 1 is 0.267 bits per heavy atom. The molecule has 0 amide bonds. The first-order chi connectivity index (χ1) is 12.5. The van der Waals surface area contributed by atoms with Crippen molar-refractivity contribution < 1.29 is 87.8 Å². The summed E-state index contributed by atoms with van der Waals surface area (Å²) in [6.07, 6.45) is -36.0. The van der Waals surface area contributed by atoms with Crippen molar-refractivity contribution in [2.75, 3.05) is 0 Å². The summed E-state index contributed by atoms with van der Waals surface area (Å²) in [7, 11) is 0. The predicted octanol–water partition coefficient (Wildman–Crippen LogP) is 6.76. The van der Waals surface area contributed by atoms with E-state index in [1.54, 1.807) is 0 Å². The molecule has 0 aromatic carbocycles. The van der Waals surface area contributed by atoms with Crippen LogP contribution >= 0.6 is 0 Å². The highest BCUT2D eigenvalue weighted by atomic mass is 19.4. The van der Waals surface area contributed by atoms with Gasteiger partial charge in [-0.25, -0.2) is 0 Å². The van der Waals surface area contributed by atoms with Gasteiger partial charge in [0.2, 0.25) is 0 Å². The lowest BCUT2D eigenvalue weighted by Crippen LogP contribution is -2.92. The molecule has 0 heterocycles. The normalized spacial score (nSPS) is 27.6. The van der Waals surface area contributed by atoms with Gasteiger partial charge in [0.15, 0.2) is 0 Å². The van der Waals surface area contributed by atoms with Crippen molar-refractivity contribution in [1.29, 1.82) is 0 Å². The fourth-order valence-electron chi connectivity index (χ4n) is 3.22. The fourth-order valence-corrected chi connectivity index (χ4v) is 3.22. The van der Waals surface area contributed by atoms with Crippen LogP contribution in [0.5, 0.6) is 0 Å². The molecule has 0 aromatic rings. The van der Waals surface area contributed by atoms with Gasteiger partial charge in [0, 0.05) is 0 Å². The molecule has 0 unspecified atom stereocenters. The van der Waals surface area contributed by atoms with E-state index in [-0.39, 0.29) is 0 Å². The predicted molar refractivity (Wildman–Crippen MR) is 48.9 cm³/mol. The molecule has 0 bridgehead atoms. The van der Waals surface area contributed by atoms with E-state index in [1.807, 2.05) is 0 Å². The summed E-state index contributed by atoms with van der Waals surface area (Å²) in [4.78, 5) is 0. The van der Waals surface area contributed by atoms with E-state index in [0.29, 0.717) is 0 Å². The number of rotatable bonds is 0. The van der Waals surface area contributed by atoms with Crippen LogP contribution < -0.4 is 0 Å². The van der Waals surface area contributed by atoms with Crippen molar-refractivity contribution in [3.05, 3.63) is 0 Å². The summed E-state index contributed by atoms with van der Waals surface area (Å²) in [5.41, 5.74) is -19.0. The average Bonchev–Trinajstić information content (AvgIpc) is 2.35. The SMILES string of the molecule is FC(F)(F)C1(C(F)(F)F)C(F)(F)C(F)(F)C(F)(F)C(F)(F)C1(C(F)(F)F)C(F)(F)F. The largest absolute Gasteiger partial charge is 0.410 e. The van der Waals surface area contributed by atoms with Gasteiger partial charge in [-0.2, -0.15) is 87.8 Å². The number of hydrogen-bond donors (Lipinski definition) is 0. The van der Waals surface area contributed by atoms with Crippen molar-refractivity contribution in [1.82, 2.24) is 0 Å². The molecule has 0 nitrogen and oxygen atoms in total. The minimum atomic E-state index is -9.51. The molecular formula is C10F20. The van der Waals surface area contributed by atoms with Gasteiger partial charge in [-0.1, -0.05) is 0 Å². The van der Waals surface area contributed by atoms with Crippen LogP contribution in [-0.4, -0.2) is 48.4 Å². The van der Waals surface area contributed by atoms with Crippen LogP contribution in [0.15, 0.2) is 0 Å². The molecule has 1 rings (SSSR count). The molecule has 30 heavy (non-hydrogen) atoms. The topological polar surface area (TPSA) is 0 Å². The lowest BCUT2D eigenvalue weighted by molar-refractivity contribution is -0.600. The zero-order chi connectivity index (χ0) is 25.0. The second-order valence-electron chi connectivity index (χ2n) is 5.79. The van der Waals surface area contributed by atoms with Crippen molar-refractivity contribution in [3.63, 3.8) is 0 Å². The Morgan fingerprint density at radius 3 is 0.500 bits per heavy atom. The van der Waals surface area contributed by atoms with Crippen molar-refractivity contribution in [2.45, 2.75) is 48.4 Å². The third-order valence-electron chi connectivity index (χ3n) is 4.39.